The predicted molar refractivity (Wildman–Crippen MR) is 78.8 cm³/mol. The monoisotopic (exact) mass is 312 g/mol. The van der Waals surface area contributed by atoms with E-state index >= 15 is 0 Å². The Labute approximate surface area is 128 Å². The maximum atomic E-state index is 13.6. The molecule has 1 heterocycles. The van der Waals surface area contributed by atoms with Crippen LogP contribution in [0.15, 0.2) is 24.3 Å². The van der Waals surface area contributed by atoms with Crippen LogP contribution in [0.1, 0.15) is 29.6 Å². The number of carbonyl (C=O) groups is 2. The van der Waals surface area contributed by atoms with Gasteiger partial charge in [0, 0.05) is 31.4 Å². The van der Waals surface area contributed by atoms with Gasteiger partial charge in [0.25, 0.3) is 5.91 Å². The fourth-order valence-corrected chi connectivity index (χ4v) is 2.59. The average molecular weight is 313 g/mol. The van der Waals surface area contributed by atoms with E-state index in [9.17, 15) is 14.0 Å². The number of hydrogen-bond donors (Lipinski definition) is 1. The molecule has 0 saturated carbocycles. The molecule has 4 nitrogen and oxygen atoms in total. The number of carbonyl (C=O) groups excluding carboxylic acids is 2. The zero-order valence-corrected chi connectivity index (χ0v) is 12.4. The molecule has 6 heteroatoms. The predicted octanol–water partition coefficient (Wildman–Crippen LogP) is 2.18. The second-order valence-electron chi connectivity index (χ2n) is 5.05. The minimum absolute atomic E-state index is 0.0605. The van der Waals surface area contributed by atoms with Gasteiger partial charge in [0.15, 0.2) is 0 Å². The minimum atomic E-state index is -0.500. The summed E-state index contributed by atoms with van der Waals surface area (Å²) in [6.45, 7) is 1.03. The largest absolute Gasteiger partial charge is 0.353 e. The number of benzene rings is 1. The lowest BCUT2D eigenvalue weighted by atomic mass is 10.0. The number of nitrogens with one attached hydrogen (secondary N) is 1. The van der Waals surface area contributed by atoms with Crippen LogP contribution in [0, 0.1) is 5.82 Å². The van der Waals surface area contributed by atoms with Gasteiger partial charge in [0.1, 0.15) is 5.82 Å². The van der Waals surface area contributed by atoms with Crippen molar-refractivity contribution in [1.82, 2.24) is 10.2 Å². The minimum Gasteiger partial charge on any atom is -0.353 e. The smallest absolute Gasteiger partial charge is 0.256 e. The molecule has 21 heavy (non-hydrogen) atoms. The van der Waals surface area contributed by atoms with E-state index in [4.69, 9.17) is 11.6 Å². The van der Waals surface area contributed by atoms with Gasteiger partial charge in [0.05, 0.1) is 5.56 Å². The van der Waals surface area contributed by atoms with E-state index in [0.717, 1.165) is 0 Å². The van der Waals surface area contributed by atoms with Gasteiger partial charge in [0.2, 0.25) is 5.91 Å². The lowest BCUT2D eigenvalue weighted by molar-refractivity contribution is -0.121. The van der Waals surface area contributed by atoms with Crippen LogP contribution >= 0.6 is 11.6 Å². The first kappa shape index (κ1) is 15.8. The number of alkyl halides is 1. The number of halogens is 2. The average Bonchev–Trinajstić information content (AvgIpc) is 2.48. The molecule has 1 saturated heterocycles. The molecule has 2 rings (SSSR count). The Hall–Kier alpha value is -1.62. The van der Waals surface area contributed by atoms with E-state index in [-0.39, 0.29) is 23.4 Å². The van der Waals surface area contributed by atoms with Crippen molar-refractivity contribution >= 4 is 23.4 Å². The molecule has 0 radical (unpaired) electrons. The van der Waals surface area contributed by atoms with Crippen LogP contribution in [0.4, 0.5) is 4.39 Å². The molecule has 2 amide bonds. The Morgan fingerprint density at radius 1 is 1.29 bits per heavy atom. The van der Waals surface area contributed by atoms with E-state index in [1.807, 2.05) is 0 Å². The molecule has 1 N–H and O–H groups in total. The number of hydrogen-bond acceptors (Lipinski definition) is 2. The Bertz CT molecular complexity index is 516. The van der Waals surface area contributed by atoms with Gasteiger partial charge in [-0.2, -0.15) is 0 Å². The lowest BCUT2D eigenvalue weighted by Crippen LogP contribution is -2.46. The second kappa shape index (κ2) is 7.41. The third-order valence-corrected chi connectivity index (χ3v) is 3.76. The van der Waals surface area contributed by atoms with Gasteiger partial charge in [-0.15, -0.1) is 11.6 Å². The molecule has 0 aliphatic carbocycles. The molecule has 1 aliphatic rings. The third kappa shape index (κ3) is 4.17. The topological polar surface area (TPSA) is 49.4 Å². The van der Waals surface area contributed by atoms with Crippen molar-refractivity contribution in [1.29, 1.82) is 0 Å². The molecular weight excluding hydrogens is 295 g/mol. The summed E-state index contributed by atoms with van der Waals surface area (Å²) in [5.74, 6) is -0.557. The maximum absolute atomic E-state index is 13.6. The van der Waals surface area contributed by atoms with Crippen molar-refractivity contribution in [2.45, 2.75) is 25.3 Å². The standard InChI is InChI=1S/C15H18ClFN2O2/c16-8-5-14(20)18-11-6-9-19(10-7-11)15(21)12-3-1-2-4-13(12)17/h1-4,11H,5-10H2,(H,18,20). The van der Waals surface area contributed by atoms with Gasteiger partial charge in [-0.05, 0) is 25.0 Å². The highest BCUT2D eigenvalue weighted by Crippen LogP contribution is 2.16. The zero-order valence-electron chi connectivity index (χ0n) is 11.6. The van der Waals surface area contributed by atoms with Crippen LogP contribution in [-0.2, 0) is 4.79 Å². The zero-order chi connectivity index (χ0) is 15.2. The second-order valence-corrected chi connectivity index (χ2v) is 5.43. The number of amides is 2. The normalized spacial score (nSPS) is 15.8. The molecule has 1 fully saturated rings. The summed E-state index contributed by atoms with van der Waals surface area (Å²) < 4.78 is 13.6. The Balaban J connectivity index is 1.88. The van der Waals surface area contributed by atoms with Crippen LogP contribution in [0.2, 0.25) is 0 Å². The molecular formula is C15H18ClFN2O2. The molecule has 1 aromatic carbocycles. The molecule has 114 valence electrons. The van der Waals surface area contributed by atoms with Crippen LogP contribution in [0.3, 0.4) is 0 Å². The molecule has 0 aromatic heterocycles. The Kier molecular flexibility index (Phi) is 5.56. The highest BCUT2D eigenvalue weighted by molar-refractivity contribution is 6.18. The van der Waals surface area contributed by atoms with Crippen molar-refractivity contribution in [2.24, 2.45) is 0 Å². The number of rotatable bonds is 4. The van der Waals surface area contributed by atoms with E-state index in [1.54, 1.807) is 17.0 Å². The molecule has 0 atom stereocenters. The van der Waals surface area contributed by atoms with Crippen LogP contribution in [0.25, 0.3) is 0 Å². The fourth-order valence-electron chi connectivity index (χ4n) is 2.42. The molecule has 1 aliphatic heterocycles. The molecule has 1 aromatic rings. The summed E-state index contributed by atoms with van der Waals surface area (Å²) in [4.78, 5) is 25.3. The molecule has 0 bridgehead atoms. The van der Waals surface area contributed by atoms with Gasteiger partial charge >= 0.3 is 0 Å². The first-order valence-corrected chi connectivity index (χ1v) is 7.54. The van der Waals surface area contributed by atoms with Crippen molar-refractivity contribution in [3.05, 3.63) is 35.6 Å². The van der Waals surface area contributed by atoms with Gasteiger partial charge in [-0.3, -0.25) is 9.59 Å². The van der Waals surface area contributed by atoms with E-state index in [1.165, 1.54) is 12.1 Å². The van der Waals surface area contributed by atoms with E-state index in [0.29, 0.717) is 38.2 Å². The Morgan fingerprint density at radius 2 is 1.95 bits per heavy atom. The van der Waals surface area contributed by atoms with Gasteiger partial charge < -0.3 is 10.2 Å². The Morgan fingerprint density at radius 3 is 2.57 bits per heavy atom. The summed E-state index contributed by atoms with van der Waals surface area (Å²) in [6, 6.07) is 6.05. The first-order valence-electron chi connectivity index (χ1n) is 7.01. The molecule has 0 spiro atoms. The number of nitrogens with zero attached hydrogens (tertiary/aromatic N) is 1. The lowest BCUT2D eigenvalue weighted by Gasteiger charge is -2.32. The fraction of sp³-hybridized carbons (Fsp3) is 0.467. The van der Waals surface area contributed by atoms with Crippen LogP contribution in [0.5, 0.6) is 0 Å². The summed E-state index contributed by atoms with van der Waals surface area (Å²) in [5, 5.41) is 2.89. The number of piperidine rings is 1. The summed E-state index contributed by atoms with van der Waals surface area (Å²) in [7, 11) is 0. The maximum Gasteiger partial charge on any atom is 0.256 e. The molecule has 0 unspecified atom stereocenters. The van der Waals surface area contributed by atoms with E-state index in [2.05, 4.69) is 5.32 Å². The van der Waals surface area contributed by atoms with Crippen molar-refractivity contribution < 1.29 is 14.0 Å². The summed E-state index contributed by atoms with van der Waals surface area (Å²) in [5.41, 5.74) is 0.0992. The van der Waals surface area contributed by atoms with Crippen molar-refractivity contribution in [2.75, 3.05) is 19.0 Å². The van der Waals surface area contributed by atoms with Crippen molar-refractivity contribution in [3.8, 4) is 0 Å². The van der Waals surface area contributed by atoms with Gasteiger partial charge in [-0.1, -0.05) is 12.1 Å². The number of likely N-dealkylation sites (tertiary alicyclic amines) is 1. The highest BCUT2D eigenvalue weighted by atomic mass is 35.5. The quantitative estimate of drug-likeness (QED) is 0.866. The van der Waals surface area contributed by atoms with Crippen molar-refractivity contribution in [3.63, 3.8) is 0 Å². The third-order valence-electron chi connectivity index (χ3n) is 3.57. The summed E-state index contributed by atoms with van der Waals surface area (Å²) >= 11 is 5.51. The SMILES string of the molecule is O=C(CCCl)NC1CCN(C(=O)c2ccccc2F)CC1. The van der Waals surface area contributed by atoms with Crippen LogP contribution < -0.4 is 5.32 Å². The first-order chi connectivity index (χ1) is 10.1. The summed E-state index contributed by atoms with van der Waals surface area (Å²) in [6.07, 6.45) is 1.65. The highest BCUT2D eigenvalue weighted by Gasteiger charge is 2.25. The van der Waals surface area contributed by atoms with E-state index < -0.39 is 5.82 Å². The van der Waals surface area contributed by atoms with Crippen LogP contribution in [-0.4, -0.2) is 41.7 Å². The van der Waals surface area contributed by atoms with Gasteiger partial charge in [-0.25, -0.2) is 4.39 Å².